The number of hydrogen-bond acceptors (Lipinski definition) is 4. The number of para-hydroxylation sites is 1. The van der Waals surface area contributed by atoms with Gasteiger partial charge in [-0.3, -0.25) is 14.9 Å². The summed E-state index contributed by atoms with van der Waals surface area (Å²) in [5, 5.41) is 2.63. The number of nitrogens with one attached hydrogen (secondary N) is 1. The van der Waals surface area contributed by atoms with Gasteiger partial charge in [-0.25, -0.2) is 9.69 Å². The van der Waals surface area contributed by atoms with Gasteiger partial charge in [0.1, 0.15) is 17.9 Å². The number of carbonyl (C=O) groups excluding carboxylic acids is 3. The van der Waals surface area contributed by atoms with E-state index in [0.717, 1.165) is 14.9 Å². The number of carbonyl (C=O) groups is 3. The van der Waals surface area contributed by atoms with E-state index >= 15 is 0 Å². The topological polar surface area (TPSA) is 75.7 Å². The molecule has 9 heteroatoms. The van der Waals surface area contributed by atoms with E-state index in [0.29, 0.717) is 17.9 Å². The first-order valence-corrected chi connectivity index (χ1v) is 11.2. The van der Waals surface area contributed by atoms with Crippen LogP contribution >= 0.6 is 39.1 Å². The van der Waals surface area contributed by atoms with Gasteiger partial charge in [0.15, 0.2) is 0 Å². The smallest absolute Gasteiger partial charge is 0.335 e. The largest absolute Gasteiger partial charge is 0.488 e. The number of urea groups is 1. The van der Waals surface area contributed by atoms with Crippen LogP contribution in [0.3, 0.4) is 0 Å². The lowest BCUT2D eigenvalue weighted by Gasteiger charge is -2.26. The van der Waals surface area contributed by atoms with Gasteiger partial charge in [-0.05, 0) is 48.0 Å². The minimum atomic E-state index is -0.875. The molecule has 0 aliphatic carbocycles. The maximum Gasteiger partial charge on any atom is 0.335 e. The van der Waals surface area contributed by atoms with Crippen molar-refractivity contribution < 1.29 is 19.1 Å². The predicted octanol–water partition coefficient (Wildman–Crippen LogP) is 6.00. The lowest BCUT2D eigenvalue weighted by atomic mass is 10.1. The molecule has 0 bridgehead atoms. The zero-order valence-electron chi connectivity index (χ0n) is 16.8. The molecule has 0 spiro atoms. The number of ether oxygens (including phenoxy) is 1. The second-order valence-electron chi connectivity index (χ2n) is 7.01. The van der Waals surface area contributed by atoms with Crippen LogP contribution in [-0.2, 0) is 16.2 Å². The summed E-state index contributed by atoms with van der Waals surface area (Å²) in [7, 11) is 0. The van der Waals surface area contributed by atoms with Crippen molar-refractivity contribution in [3.63, 3.8) is 0 Å². The fraction of sp³-hybridized carbons (Fsp3) is 0.0417. The van der Waals surface area contributed by atoms with Crippen molar-refractivity contribution in [3.05, 3.63) is 97.9 Å². The fourth-order valence-electron chi connectivity index (χ4n) is 3.14. The molecule has 4 amide bonds. The Balaban J connectivity index is 1.64. The first-order valence-electron chi connectivity index (χ1n) is 9.66. The molecule has 0 saturated carbocycles. The summed E-state index contributed by atoms with van der Waals surface area (Å²) in [6.07, 6.45) is 1.39. The summed E-state index contributed by atoms with van der Waals surface area (Å²) < 4.78 is 6.88. The normalized spacial score (nSPS) is 15.1. The van der Waals surface area contributed by atoms with Crippen LogP contribution < -0.4 is 15.0 Å². The van der Waals surface area contributed by atoms with Crippen LogP contribution in [0.15, 0.2) is 76.8 Å². The third kappa shape index (κ3) is 5.11. The number of rotatable bonds is 5. The second kappa shape index (κ2) is 9.79. The number of nitrogens with zero attached hydrogens (tertiary/aromatic N) is 1. The van der Waals surface area contributed by atoms with Crippen LogP contribution in [0.5, 0.6) is 5.75 Å². The van der Waals surface area contributed by atoms with E-state index in [2.05, 4.69) is 21.2 Å². The third-order valence-corrected chi connectivity index (χ3v) is 6.06. The van der Waals surface area contributed by atoms with Crippen LogP contribution in [0, 0.1) is 0 Å². The Bertz CT molecular complexity index is 1290. The first-order chi connectivity index (χ1) is 15.8. The highest BCUT2D eigenvalue weighted by molar-refractivity contribution is 9.10. The van der Waals surface area contributed by atoms with E-state index in [1.807, 2.05) is 24.3 Å². The molecule has 4 rings (SSSR count). The van der Waals surface area contributed by atoms with Gasteiger partial charge in [0.2, 0.25) is 0 Å². The van der Waals surface area contributed by atoms with E-state index in [-0.39, 0.29) is 21.3 Å². The predicted molar refractivity (Wildman–Crippen MR) is 130 cm³/mol. The Labute approximate surface area is 207 Å². The molecule has 1 fully saturated rings. The fourth-order valence-corrected chi connectivity index (χ4v) is 3.70. The van der Waals surface area contributed by atoms with E-state index in [4.69, 9.17) is 27.9 Å². The number of hydrogen-bond donors (Lipinski definition) is 1. The van der Waals surface area contributed by atoms with Gasteiger partial charge in [0.05, 0.1) is 15.7 Å². The highest BCUT2D eigenvalue weighted by Crippen LogP contribution is 2.30. The zero-order chi connectivity index (χ0) is 23.5. The molecular formula is C24H15BrCl2N2O4. The molecule has 3 aromatic carbocycles. The number of benzene rings is 3. The number of barbiturate groups is 1. The second-order valence-corrected chi connectivity index (χ2v) is 8.74. The van der Waals surface area contributed by atoms with E-state index in [1.54, 1.807) is 24.3 Å². The molecule has 6 nitrogen and oxygen atoms in total. The molecule has 1 N–H and O–H groups in total. The number of amides is 4. The molecule has 0 atom stereocenters. The average Bonchev–Trinajstić information content (AvgIpc) is 2.79. The number of imide groups is 2. The molecular weight excluding hydrogens is 531 g/mol. The minimum absolute atomic E-state index is 0.170. The molecule has 1 aliphatic heterocycles. The van der Waals surface area contributed by atoms with E-state index in [9.17, 15) is 14.4 Å². The van der Waals surface area contributed by atoms with Gasteiger partial charge < -0.3 is 4.74 Å². The maximum atomic E-state index is 13.1. The summed E-state index contributed by atoms with van der Waals surface area (Å²) in [6.45, 7) is 0.293. The summed E-state index contributed by atoms with van der Waals surface area (Å²) in [6, 6.07) is 18.1. The van der Waals surface area contributed by atoms with Crippen LogP contribution in [0.2, 0.25) is 10.0 Å². The first kappa shape index (κ1) is 23.0. The zero-order valence-corrected chi connectivity index (χ0v) is 19.9. The van der Waals surface area contributed by atoms with Gasteiger partial charge in [-0.2, -0.15) is 0 Å². The van der Waals surface area contributed by atoms with Crippen LogP contribution in [0.1, 0.15) is 11.1 Å². The van der Waals surface area contributed by atoms with Crippen molar-refractivity contribution >= 4 is 68.7 Å². The van der Waals surface area contributed by atoms with Crippen molar-refractivity contribution in [1.29, 1.82) is 0 Å². The van der Waals surface area contributed by atoms with E-state index < -0.39 is 17.8 Å². The van der Waals surface area contributed by atoms with Gasteiger partial charge in [-0.1, -0.05) is 69.5 Å². The quantitative estimate of drug-likeness (QED) is 0.315. The van der Waals surface area contributed by atoms with Crippen molar-refractivity contribution in [2.75, 3.05) is 4.90 Å². The molecule has 1 heterocycles. The molecule has 33 heavy (non-hydrogen) atoms. The molecule has 166 valence electrons. The minimum Gasteiger partial charge on any atom is -0.488 e. The lowest BCUT2D eigenvalue weighted by molar-refractivity contribution is -0.122. The van der Waals surface area contributed by atoms with Crippen LogP contribution in [-0.4, -0.2) is 17.8 Å². The van der Waals surface area contributed by atoms with Crippen molar-refractivity contribution in [3.8, 4) is 5.75 Å². The maximum absolute atomic E-state index is 13.1. The van der Waals surface area contributed by atoms with Crippen molar-refractivity contribution in [2.24, 2.45) is 0 Å². The number of halogens is 3. The Morgan fingerprint density at radius 2 is 1.67 bits per heavy atom. The Hall–Kier alpha value is -3.13. The van der Waals surface area contributed by atoms with Crippen LogP contribution in [0.25, 0.3) is 6.08 Å². The summed E-state index contributed by atoms with van der Waals surface area (Å²) >= 11 is 15.4. The molecule has 0 aromatic heterocycles. The lowest BCUT2D eigenvalue weighted by Crippen LogP contribution is -2.54. The van der Waals surface area contributed by atoms with Gasteiger partial charge >= 0.3 is 6.03 Å². The van der Waals surface area contributed by atoms with Gasteiger partial charge in [0, 0.05) is 10.0 Å². The molecule has 3 aromatic rings. The van der Waals surface area contributed by atoms with Crippen LogP contribution in [0.4, 0.5) is 10.5 Å². The van der Waals surface area contributed by atoms with Crippen molar-refractivity contribution in [2.45, 2.75) is 6.61 Å². The number of anilines is 1. The van der Waals surface area contributed by atoms with Crippen molar-refractivity contribution in [1.82, 2.24) is 5.32 Å². The molecule has 1 aliphatic rings. The molecule has 0 unspecified atom stereocenters. The van der Waals surface area contributed by atoms with Gasteiger partial charge in [-0.15, -0.1) is 0 Å². The Kier molecular flexibility index (Phi) is 6.83. The summed E-state index contributed by atoms with van der Waals surface area (Å²) in [4.78, 5) is 38.9. The van der Waals surface area contributed by atoms with Gasteiger partial charge in [0.25, 0.3) is 11.8 Å². The monoisotopic (exact) mass is 544 g/mol. The Morgan fingerprint density at radius 3 is 2.39 bits per heavy atom. The molecule has 1 saturated heterocycles. The third-order valence-electron chi connectivity index (χ3n) is 4.79. The molecule has 0 radical (unpaired) electrons. The standard InChI is InChI=1S/C24H15BrCl2N2O4/c25-16-7-5-14(6-8-16)13-33-21-4-2-1-3-15(21)11-18-22(30)28-24(32)29(23(18)31)17-9-10-19(26)20(27)12-17/h1-12H,13H2,(H,28,30,32)/b18-11+. The highest BCUT2D eigenvalue weighted by Gasteiger charge is 2.37. The average molecular weight is 546 g/mol. The SMILES string of the molecule is O=C1NC(=O)N(c2ccc(Cl)c(Cl)c2)C(=O)/C1=C/c1ccccc1OCc1ccc(Br)cc1. The Morgan fingerprint density at radius 1 is 0.939 bits per heavy atom. The summed E-state index contributed by atoms with van der Waals surface area (Å²) in [5.41, 5.74) is 1.42. The van der Waals surface area contributed by atoms with E-state index in [1.165, 1.54) is 24.3 Å². The highest BCUT2D eigenvalue weighted by atomic mass is 79.9. The summed E-state index contributed by atoms with van der Waals surface area (Å²) in [5.74, 6) is -1.11.